The van der Waals surface area contributed by atoms with E-state index >= 15 is 0 Å². The quantitative estimate of drug-likeness (QED) is 0.377. The van der Waals surface area contributed by atoms with Gasteiger partial charge >= 0.3 is 6.15 Å². The molecule has 0 unspecified atom stereocenters. The Morgan fingerprint density at radius 2 is 1.00 bits per heavy atom. The van der Waals surface area contributed by atoms with Crippen LogP contribution in [-0.4, -0.2) is 6.15 Å². The first kappa shape index (κ1) is 27.7. The Morgan fingerprint density at radius 3 is 1.00 bits per heavy atom. The molecular weight excluding hydrogens is 76.0 g/mol. The molecule has 0 saturated heterocycles. The van der Waals surface area contributed by atoms with E-state index in [1.54, 1.807) is 0 Å². The summed E-state index contributed by atoms with van der Waals surface area (Å²) in [5, 5.41) is 0. The smallest absolute Gasteiger partial charge is 0.186 e. The van der Waals surface area contributed by atoms with Gasteiger partial charge in [-0.25, -0.2) is 0 Å². The van der Waals surface area contributed by atoms with Gasteiger partial charge in [0.15, 0.2) is 0 Å². The second-order valence-electron chi connectivity index (χ2n) is 0.0833. The number of hydrogen-bond donors (Lipinski definition) is 0. The Kier molecular flexibility index (Phi) is 1070. The summed E-state index contributed by atoms with van der Waals surface area (Å²) in [4.78, 5) is 16.2. The summed E-state index contributed by atoms with van der Waals surface area (Å²) in [6.45, 7) is 0. The molecule has 5 heavy (non-hydrogen) atoms. The van der Waals surface area contributed by atoms with Gasteiger partial charge in [-0.15, -0.1) is 0 Å². The number of rotatable bonds is 0. The minimum Gasteiger partial charge on any atom is -0.186 e. The van der Waals surface area contributed by atoms with E-state index < -0.39 is 0 Å². The van der Waals surface area contributed by atoms with Crippen molar-refractivity contribution in [2.24, 2.45) is 0 Å². The van der Waals surface area contributed by atoms with Gasteiger partial charge in [-0.3, -0.25) is 0 Å². The molecule has 0 aliphatic heterocycles. The van der Waals surface area contributed by atoms with E-state index in [-0.39, 0.29) is 17.1 Å². The van der Waals surface area contributed by atoms with Crippen LogP contribution in [-0.2, 0) is 20.5 Å². The molecule has 4 radical (unpaired) electrons. The molecule has 0 aliphatic rings. The van der Waals surface area contributed by atoms with Crippen LogP contribution in [0.3, 0.4) is 0 Å². The first-order valence-electron chi connectivity index (χ1n) is 0.408. The molecule has 0 aliphatic carbocycles. The third kappa shape index (κ3) is 11.4. The van der Waals surface area contributed by atoms with Gasteiger partial charge in [0.1, 0.15) is 0 Å². The third-order valence-corrected chi connectivity index (χ3v) is 0. The van der Waals surface area contributed by atoms with Gasteiger partial charge in [-0.2, -0.15) is 9.59 Å². The van der Waals surface area contributed by atoms with Gasteiger partial charge in [0.25, 0.3) is 0 Å². The Morgan fingerprint density at radius 1 is 1.00 bits per heavy atom. The largest absolute Gasteiger partial charge is 0.373 e. The van der Waals surface area contributed by atoms with E-state index in [2.05, 4.69) is 0 Å². The van der Waals surface area contributed by atoms with Gasteiger partial charge in [0.2, 0.25) is 0 Å². The topological polar surface area (TPSA) is 91.1 Å². The lowest BCUT2D eigenvalue weighted by Crippen LogP contribution is -1.22. The highest BCUT2D eigenvalue weighted by Gasteiger charge is 1.13. The van der Waals surface area contributed by atoms with Crippen LogP contribution in [0.25, 0.3) is 0 Å². The third-order valence-electron chi connectivity index (χ3n) is 0. The second kappa shape index (κ2) is 194. The molecule has 4 heteroatoms. The summed E-state index contributed by atoms with van der Waals surface area (Å²) in [6.07, 6.45) is 0.250. The van der Waals surface area contributed by atoms with Gasteiger partial charge < -0.3 is 0 Å². The molecule has 28 valence electrons. The van der Waals surface area contributed by atoms with Crippen LogP contribution < -0.4 is 0 Å². The molecule has 0 aromatic carbocycles. The van der Waals surface area contributed by atoms with Crippen molar-refractivity contribution in [3.8, 4) is 0 Å². The molecule has 0 rings (SSSR count). The maximum atomic E-state index is 8.12. The molecule has 0 bridgehead atoms. The van der Waals surface area contributed by atoms with Crippen molar-refractivity contribution in [2.45, 2.75) is 0 Å². The van der Waals surface area contributed by atoms with Crippen molar-refractivity contribution >= 4 is 6.15 Å². The summed E-state index contributed by atoms with van der Waals surface area (Å²) in [5.41, 5.74) is 0. The fraction of sp³-hybridized carbons (Fsp3) is 0. The summed E-state index contributed by atoms with van der Waals surface area (Å²) in [5.74, 6) is 0. The minimum absolute atomic E-state index is 0. The molecule has 4 nitrogen and oxygen atoms in total. The average Bonchev–Trinajstić information content (AvgIpc) is 0.918. The van der Waals surface area contributed by atoms with Gasteiger partial charge in [0.05, 0.1) is 0 Å². The lowest BCUT2D eigenvalue weighted by molar-refractivity contribution is -0.191. The Labute approximate surface area is 28.0 Å². The maximum absolute atomic E-state index is 8.12. The summed E-state index contributed by atoms with van der Waals surface area (Å²) in [7, 11) is 0. The molecule has 0 aromatic heterocycles. The second-order valence-corrected chi connectivity index (χ2v) is 0.0833. The van der Waals surface area contributed by atoms with Crippen LogP contribution in [0.2, 0.25) is 0 Å². The summed E-state index contributed by atoms with van der Waals surface area (Å²) < 4.78 is 0. The predicted molar refractivity (Wildman–Crippen MR) is 6.38 cm³/mol. The lowest BCUT2D eigenvalue weighted by atomic mass is 11.8. The van der Waals surface area contributed by atoms with Gasteiger partial charge in [-0.1, -0.05) is 0 Å². The predicted octanol–water partition coefficient (Wildman–Crippen LogP) is -0.821. The zero-order valence-electron chi connectivity index (χ0n) is 2.13. The molecule has 0 fully saturated rings. The highest BCUT2D eigenvalue weighted by atomic mass is 16.2. The van der Waals surface area contributed by atoms with E-state index in [0.29, 0.717) is 0 Å². The molecule has 0 amide bonds. The fourth-order valence-corrected chi connectivity index (χ4v) is 0. The van der Waals surface area contributed by atoms with E-state index in [9.17, 15) is 0 Å². The highest BCUT2D eigenvalue weighted by molar-refractivity contribution is 5.20. The summed E-state index contributed by atoms with van der Waals surface area (Å²) >= 11 is 0. The number of hydrogen-bond acceptors (Lipinski definition) is 2. The Hall–Kier alpha value is -0.700. The molecule has 0 heterocycles. The van der Waals surface area contributed by atoms with E-state index in [0.717, 1.165) is 0 Å². The Bertz CT molecular complexity index is 24.6. The van der Waals surface area contributed by atoms with Crippen molar-refractivity contribution < 1.29 is 20.5 Å². The molecule has 0 aromatic rings. The standard InChI is InChI=1S/CO2.2O/c2-1-3;;. The SMILES string of the molecule is O=C=O.[O].[O]. The summed E-state index contributed by atoms with van der Waals surface area (Å²) in [6, 6.07) is 0. The normalized spacial score (nSPS) is 1.60. The molecule has 0 atom stereocenters. The van der Waals surface area contributed by atoms with Crippen LogP contribution in [0.4, 0.5) is 0 Å². The Balaban J connectivity index is -0.0000000200. The van der Waals surface area contributed by atoms with E-state index in [4.69, 9.17) is 9.59 Å². The first-order valence-corrected chi connectivity index (χ1v) is 0.408. The van der Waals surface area contributed by atoms with E-state index in [1.807, 2.05) is 0 Å². The highest BCUT2D eigenvalue weighted by Crippen LogP contribution is 0.787. The molecule has 0 N–H and O–H groups in total. The van der Waals surface area contributed by atoms with Crippen LogP contribution in [0.15, 0.2) is 0 Å². The maximum Gasteiger partial charge on any atom is 0.373 e. The van der Waals surface area contributed by atoms with Crippen LogP contribution in [0.1, 0.15) is 0 Å². The van der Waals surface area contributed by atoms with Crippen molar-refractivity contribution in [1.29, 1.82) is 0 Å². The zero-order chi connectivity index (χ0) is 2.71. The molecule has 0 saturated carbocycles. The van der Waals surface area contributed by atoms with Crippen LogP contribution in [0.5, 0.6) is 0 Å². The average molecular weight is 76.0 g/mol. The molecule has 0 spiro atoms. The van der Waals surface area contributed by atoms with Gasteiger partial charge in [-0.05, 0) is 0 Å². The first-order chi connectivity index (χ1) is 1.41. The van der Waals surface area contributed by atoms with Crippen molar-refractivity contribution in [3.63, 3.8) is 0 Å². The van der Waals surface area contributed by atoms with E-state index in [1.165, 1.54) is 0 Å². The van der Waals surface area contributed by atoms with Crippen LogP contribution >= 0.6 is 0 Å². The molecular formula is CO4. The minimum atomic E-state index is 0. The van der Waals surface area contributed by atoms with Crippen LogP contribution in [0, 0.1) is 0 Å². The van der Waals surface area contributed by atoms with Crippen molar-refractivity contribution in [3.05, 3.63) is 0 Å². The number of carbonyl (C=O) groups excluding carboxylic acids is 2. The lowest BCUT2D eigenvalue weighted by Gasteiger charge is -0.945. The fourth-order valence-electron chi connectivity index (χ4n) is 0. The van der Waals surface area contributed by atoms with Gasteiger partial charge in [0, 0.05) is 11.0 Å². The van der Waals surface area contributed by atoms with Crippen molar-refractivity contribution in [1.82, 2.24) is 0 Å². The zero-order valence-corrected chi connectivity index (χ0v) is 2.13. The van der Waals surface area contributed by atoms with Crippen molar-refractivity contribution in [2.75, 3.05) is 0 Å². The monoisotopic (exact) mass is 76.0 g/mol.